The molecule has 2 saturated carbocycles. The van der Waals surface area contributed by atoms with E-state index in [2.05, 4.69) is 92.5 Å². The number of methoxy groups -OCH3 is 1. The minimum absolute atomic E-state index is 0.00359. The topological polar surface area (TPSA) is 163 Å². The molecule has 370 valence electrons. The second-order valence-electron chi connectivity index (χ2n) is 22.3. The largest absolute Gasteiger partial charge is 0.464 e. The summed E-state index contributed by atoms with van der Waals surface area (Å²) in [7, 11) is 3.93. The van der Waals surface area contributed by atoms with Crippen LogP contribution < -0.4 is 10.7 Å². The van der Waals surface area contributed by atoms with Crippen LogP contribution in [0.1, 0.15) is 112 Å². The van der Waals surface area contributed by atoms with Crippen LogP contribution in [0.15, 0.2) is 59.0 Å². The second kappa shape index (κ2) is 17.6. The molecule has 70 heavy (non-hydrogen) atoms. The van der Waals surface area contributed by atoms with Gasteiger partial charge in [-0.05, 0) is 101 Å². The standard InChI is InChI=1S/C53H66N10O6S/c1-30-42(39-24-68-29-55-39)43(30)48(64)57-45-47(61-26-53(27-61)16-9-18-59(53)5)49-56-40(25-70-49)32-12-15-41-36(20-32)37(21-52(3,4)28-69-51(66)38-11-8-19-62(58-38)50(45)65)46(35-10-7-17-54-44(35)31(2)67-6)63(41)34-22-60(23-34)33-13-14-33/h7,10,12,15,17,20,24-25,29-31,33-34,38,42-43,45,47,58H,8-9,11,13-14,16,18-19,21-23,26-28H2,1-6H3,(H,57,64)/t30-,31-,38-,42-,43+,45-,47-/m0/s1. The van der Waals surface area contributed by atoms with E-state index in [-0.39, 0.29) is 53.9 Å². The summed E-state index contributed by atoms with van der Waals surface area (Å²) < 4.78 is 20.2. The third-order valence-corrected chi connectivity index (χ3v) is 17.9. The van der Waals surface area contributed by atoms with E-state index in [1.165, 1.54) is 24.8 Å². The van der Waals surface area contributed by atoms with Gasteiger partial charge in [-0.3, -0.25) is 39.1 Å². The maximum Gasteiger partial charge on any atom is 0.324 e. The lowest BCUT2D eigenvalue weighted by Gasteiger charge is -2.55. The lowest BCUT2D eigenvalue weighted by molar-refractivity contribution is -0.156. The molecule has 12 rings (SSSR count). The fourth-order valence-electron chi connectivity index (χ4n) is 12.7. The number of nitrogens with zero attached hydrogens (tertiary/aromatic N) is 8. The van der Waals surface area contributed by atoms with Crippen molar-refractivity contribution in [3.05, 3.63) is 76.5 Å². The molecule has 1 aromatic carbocycles. The number of likely N-dealkylation sites (N-methyl/N-ethyl adjacent to an activating group) is 1. The van der Waals surface area contributed by atoms with Gasteiger partial charge in [0.25, 0.3) is 5.91 Å². The minimum Gasteiger partial charge on any atom is -0.464 e. The Bertz CT molecular complexity index is 2810. The molecule has 7 aliphatic rings. The number of thiazole rings is 1. The highest BCUT2D eigenvalue weighted by Crippen LogP contribution is 2.54. The molecule has 1 spiro atoms. The maximum absolute atomic E-state index is 15.4. The van der Waals surface area contributed by atoms with Crippen LogP contribution in [0.4, 0.5) is 0 Å². The molecule has 0 unspecified atom stereocenters. The zero-order valence-corrected chi connectivity index (χ0v) is 42.0. The maximum atomic E-state index is 15.4. The molecule has 16 nitrogen and oxygen atoms in total. The summed E-state index contributed by atoms with van der Waals surface area (Å²) >= 11 is 1.54. The van der Waals surface area contributed by atoms with Crippen LogP contribution in [-0.2, 0) is 30.3 Å². The Morgan fingerprint density at radius 3 is 2.61 bits per heavy atom. The van der Waals surface area contributed by atoms with Gasteiger partial charge in [0.05, 0.1) is 47.6 Å². The van der Waals surface area contributed by atoms with Crippen LogP contribution in [0, 0.1) is 17.3 Å². The van der Waals surface area contributed by atoms with Crippen molar-refractivity contribution in [1.82, 2.24) is 50.0 Å². The van der Waals surface area contributed by atoms with E-state index in [0.717, 1.165) is 95.4 Å². The fourth-order valence-corrected chi connectivity index (χ4v) is 13.7. The molecule has 0 radical (unpaired) electrons. The molecule has 2 amide bonds. The van der Waals surface area contributed by atoms with Crippen molar-refractivity contribution in [2.24, 2.45) is 17.3 Å². The summed E-state index contributed by atoms with van der Waals surface area (Å²) in [4.78, 5) is 66.6. The molecule has 4 aromatic heterocycles. The van der Waals surface area contributed by atoms with Crippen molar-refractivity contribution in [3.8, 4) is 22.5 Å². The number of rotatable bonds is 9. The van der Waals surface area contributed by atoms with Gasteiger partial charge in [0.1, 0.15) is 23.4 Å². The molecule has 17 heteroatoms. The van der Waals surface area contributed by atoms with Gasteiger partial charge in [-0.2, -0.15) is 0 Å². The monoisotopic (exact) mass is 970 g/mol. The van der Waals surface area contributed by atoms with Crippen LogP contribution in [-0.4, -0.2) is 141 Å². The Morgan fingerprint density at radius 2 is 1.87 bits per heavy atom. The SMILES string of the molecule is CO[C@@H](C)c1ncccc1-c1c2c3cc(ccc3n1C1CN(C3CC3)C1)-c1csc(n1)[C@@H](N1CC3(CCCN3C)C1)[C@H](NC(=O)[C@@H]1[C@@H](C)[C@H]1c1cocn1)C(=O)N1CCC[C@H](N1)C(=O)OCC(C)(C)C2. The predicted molar refractivity (Wildman–Crippen MR) is 264 cm³/mol. The summed E-state index contributed by atoms with van der Waals surface area (Å²) in [5.41, 5.74) is 10.7. The lowest BCUT2D eigenvalue weighted by atomic mass is 9.84. The third kappa shape index (κ3) is 7.99. The number of pyridine rings is 1. The molecule has 4 saturated heterocycles. The molecular formula is C53H66N10O6S. The highest BCUT2D eigenvalue weighted by Gasteiger charge is 2.57. The number of carbonyl (C=O) groups excluding carboxylic acids is 3. The molecular weight excluding hydrogens is 905 g/mol. The fraction of sp³-hybridized carbons (Fsp3) is 0.585. The molecule has 6 bridgehead atoms. The highest BCUT2D eigenvalue weighted by atomic mass is 32.1. The van der Waals surface area contributed by atoms with E-state index in [9.17, 15) is 9.59 Å². The first-order valence-corrected chi connectivity index (χ1v) is 26.4. The zero-order chi connectivity index (χ0) is 48.2. The Kier molecular flexibility index (Phi) is 11.6. The number of carbonyl (C=O) groups is 3. The Balaban J connectivity index is 1.00. The Morgan fingerprint density at radius 1 is 1.04 bits per heavy atom. The quantitative estimate of drug-likeness (QED) is 0.154. The van der Waals surface area contributed by atoms with Crippen molar-refractivity contribution < 1.29 is 28.3 Å². The Hall–Kier alpha value is -5.04. The first-order chi connectivity index (χ1) is 33.8. The van der Waals surface area contributed by atoms with Gasteiger partial charge >= 0.3 is 5.97 Å². The summed E-state index contributed by atoms with van der Waals surface area (Å²) in [6.07, 6.45) is 11.0. The number of likely N-dealkylation sites (tertiary alicyclic amines) is 3. The number of fused-ring (bicyclic) bond motifs is 6. The number of nitrogens with one attached hydrogen (secondary N) is 2. The number of hydrogen-bond donors (Lipinski definition) is 2. The molecule has 2 aliphatic carbocycles. The van der Waals surface area contributed by atoms with Crippen molar-refractivity contribution in [2.75, 3.05) is 60.0 Å². The van der Waals surface area contributed by atoms with Crippen LogP contribution in [0.5, 0.6) is 0 Å². The first-order valence-electron chi connectivity index (χ1n) is 25.5. The number of cyclic esters (lactones) is 1. The molecule has 5 aromatic rings. The van der Waals surface area contributed by atoms with Crippen LogP contribution in [0.3, 0.4) is 0 Å². The van der Waals surface area contributed by atoms with Crippen LogP contribution >= 0.6 is 11.3 Å². The number of hydrogen-bond acceptors (Lipinski definition) is 14. The van der Waals surface area contributed by atoms with E-state index in [4.69, 9.17) is 23.9 Å². The summed E-state index contributed by atoms with van der Waals surface area (Å²) in [6, 6.07) is 9.56. The predicted octanol–water partition coefficient (Wildman–Crippen LogP) is 6.52. The van der Waals surface area contributed by atoms with Crippen molar-refractivity contribution in [2.45, 2.75) is 120 Å². The third-order valence-electron chi connectivity index (χ3n) is 17.0. The molecule has 7 atom stereocenters. The smallest absolute Gasteiger partial charge is 0.324 e. The summed E-state index contributed by atoms with van der Waals surface area (Å²) in [5, 5.41) is 8.89. The van der Waals surface area contributed by atoms with Gasteiger partial charge in [0.2, 0.25) is 5.91 Å². The van der Waals surface area contributed by atoms with Gasteiger partial charge in [-0.25, -0.2) is 15.4 Å². The number of aromatic nitrogens is 4. The normalized spacial score (nSPS) is 28.9. The first kappa shape index (κ1) is 46.1. The molecule has 2 N–H and O–H groups in total. The highest BCUT2D eigenvalue weighted by molar-refractivity contribution is 7.10. The number of ether oxygens (including phenoxy) is 2. The number of hydrazine groups is 1. The summed E-state index contributed by atoms with van der Waals surface area (Å²) in [6.45, 7) is 13.4. The van der Waals surface area contributed by atoms with E-state index in [1.54, 1.807) is 29.7 Å². The average Bonchev–Trinajstić information content (AvgIpc) is 3.94. The van der Waals surface area contributed by atoms with E-state index >= 15 is 4.79 Å². The number of oxazole rings is 1. The second-order valence-corrected chi connectivity index (χ2v) is 23.2. The van der Waals surface area contributed by atoms with Crippen molar-refractivity contribution >= 4 is 40.0 Å². The molecule has 6 fully saturated rings. The van der Waals surface area contributed by atoms with Gasteiger partial charge in [-0.15, -0.1) is 11.3 Å². The van der Waals surface area contributed by atoms with Gasteiger partial charge in [-0.1, -0.05) is 26.8 Å². The summed E-state index contributed by atoms with van der Waals surface area (Å²) in [5.74, 6) is -1.36. The average molecular weight is 971 g/mol. The van der Waals surface area contributed by atoms with Gasteiger partial charge < -0.3 is 23.8 Å². The van der Waals surface area contributed by atoms with E-state index < -0.39 is 29.5 Å². The van der Waals surface area contributed by atoms with Crippen molar-refractivity contribution in [3.63, 3.8) is 0 Å². The number of esters is 1. The zero-order valence-electron chi connectivity index (χ0n) is 41.2. The molecule has 9 heterocycles. The number of amides is 2. The van der Waals surface area contributed by atoms with Gasteiger partial charge in [0.15, 0.2) is 6.39 Å². The van der Waals surface area contributed by atoms with Gasteiger partial charge in [0, 0.05) is 102 Å². The van der Waals surface area contributed by atoms with E-state index in [1.807, 2.05) is 19.2 Å². The lowest BCUT2D eigenvalue weighted by Crippen LogP contribution is -2.70. The number of benzene rings is 1. The van der Waals surface area contributed by atoms with Crippen LogP contribution in [0.25, 0.3) is 33.4 Å². The van der Waals surface area contributed by atoms with Crippen molar-refractivity contribution in [1.29, 1.82) is 0 Å². The van der Waals surface area contributed by atoms with Crippen LogP contribution in [0.2, 0.25) is 0 Å². The molecule has 5 aliphatic heterocycles. The van der Waals surface area contributed by atoms with E-state index in [0.29, 0.717) is 31.8 Å². The Labute approximate surface area is 413 Å². The minimum atomic E-state index is -1.01.